The maximum Gasteiger partial charge on any atom is 0.256 e. The Bertz CT molecular complexity index is 533. The molecule has 1 aliphatic rings. The van der Waals surface area contributed by atoms with Crippen molar-refractivity contribution in [3.8, 4) is 5.75 Å². The van der Waals surface area contributed by atoms with Crippen LogP contribution in [0.25, 0.3) is 0 Å². The minimum Gasteiger partial charge on any atom is -0.494 e. The van der Waals surface area contributed by atoms with Crippen LogP contribution >= 0.6 is 0 Å². The number of ether oxygens (including phenoxy) is 2. The highest BCUT2D eigenvalue weighted by Crippen LogP contribution is 2.20. The van der Waals surface area contributed by atoms with Crippen LogP contribution in [0.3, 0.4) is 0 Å². The lowest BCUT2D eigenvalue weighted by Gasteiger charge is -2.25. The summed E-state index contributed by atoms with van der Waals surface area (Å²) < 4.78 is 11.2. The second-order valence-electron chi connectivity index (χ2n) is 7.22. The van der Waals surface area contributed by atoms with Crippen LogP contribution in [0.1, 0.15) is 52.4 Å². The summed E-state index contributed by atoms with van der Waals surface area (Å²) in [4.78, 5) is 14.8. The van der Waals surface area contributed by atoms with Crippen molar-refractivity contribution in [3.63, 3.8) is 0 Å². The zero-order valence-electron chi connectivity index (χ0n) is 16.6. The number of hydrogen-bond donors (Lipinski definition) is 1. The molecule has 0 aromatic heterocycles. The number of amides is 1. The molecule has 1 N–H and O–H groups in total. The molecule has 146 valence electrons. The smallest absolute Gasteiger partial charge is 0.256 e. The van der Waals surface area contributed by atoms with Gasteiger partial charge in [0.1, 0.15) is 11.4 Å². The molecule has 0 radical (unpaired) electrons. The van der Waals surface area contributed by atoms with E-state index in [1.807, 2.05) is 31.2 Å². The van der Waals surface area contributed by atoms with Crippen molar-refractivity contribution in [2.75, 3.05) is 38.7 Å². The highest BCUT2D eigenvalue weighted by molar-refractivity contribution is 5.97. The van der Waals surface area contributed by atoms with Gasteiger partial charge in [-0.05, 0) is 70.0 Å². The zero-order chi connectivity index (χ0) is 18.8. The van der Waals surface area contributed by atoms with Gasteiger partial charge in [-0.15, -0.1) is 0 Å². The topological polar surface area (TPSA) is 50.8 Å². The molecule has 0 spiro atoms. The van der Waals surface area contributed by atoms with Gasteiger partial charge in [0.15, 0.2) is 0 Å². The van der Waals surface area contributed by atoms with E-state index in [2.05, 4.69) is 10.2 Å². The number of hydrogen-bond acceptors (Lipinski definition) is 4. The normalized spacial score (nSPS) is 18.0. The predicted octanol–water partition coefficient (Wildman–Crippen LogP) is 4.09. The average Bonchev–Trinajstić information content (AvgIpc) is 2.94. The van der Waals surface area contributed by atoms with Crippen LogP contribution in [0.5, 0.6) is 5.75 Å². The molecule has 0 saturated carbocycles. The Balaban J connectivity index is 1.72. The van der Waals surface area contributed by atoms with Crippen LogP contribution in [0.15, 0.2) is 24.3 Å². The molecular weight excluding hydrogens is 328 g/mol. The number of carbonyl (C=O) groups is 1. The van der Waals surface area contributed by atoms with Gasteiger partial charge in [0, 0.05) is 19.3 Å². The number of rotatable bonds is 9. The van der Waals surface area contributed by atoms with Gasteiger partial charge in [-0.2, -0.15) is 0 Å². The van der Waals surface area contributed by atoms with E-state index in [1.54, 1.807) is 14.0 Å². The van der Waals surface area contributed by atoms with E-state index in [0.717, 1.165) is 31.0 Å². The third-order valence-electron chi connectivity index (χ3n) is 5.30. The Morgan fingerprint density at radius 1 is 1.15 bits per heavy atom. The molecule has 0 bridgehead atoms. The van der Waals surface area contributed by atoms with Crippen LogP contribution < -0.4 is 10.1 Å². The molecule has 2 rings (SSSR count). The fourth-order valence-corrected chi connectivity index (χ4v) is 3.13. The van der Waals surface area contributed by atoms with Crippen molar-refractivity contribution < 1.29 is 14.3 Å². The second kappa shape index (κ2) is 10.5. The number of anilines is 1. The second-order valence-corrected chi connectivity index (χ2v) is 7.22. The Kier molecular flexibility index (Phi) is 8.39. The van der Waals surface area contributed by atoms with E-state index in [0.29, 0.717) is 6.42 Å². The van der Waals surface area contributed by atoms with Crippen molar-refractivity contribution in [3.05, 3.63) is 24.3 Å². The molecule has 26 heavy (non-hydrogen) atoms. The van der Waals surface area contributed by atoms with Crippen molar-refractivity contribution in [1.82, 2.24) is 4.90 Å². The van der Waals surface area contributed by atoms with E-state index < -0.39 is 5.60 Å². The van der Waals surface area contributed by atoms with E-state index in [4.69, 9.17) is 9.47 Å². The Morgan fingerprint density at radius 2 is 1.81 bits per heavy atom. The van der Waals surface area contributed by atoms with E-state index in [9.17, 15) is 4.79 Å². The average molecular weight is 363 g/mol. The first-order valence-corrected chi connectivity index (χ1v) is 9.89. The number of nitrogens with zero attached hydrogens (tertiary/aromatic N) is 1. The lowest BCUT2D eigenvalue weighted by atomic mass is 10.0. The van der Waals surface area contributed by atoms with Gasteiger partial charge >= 0.3 is 0 Å². The summed E-state index contributed by atoms with van der Waals surface area (Å²) in [7, 11) is 1.56. The number of carbonyl (C=O) groups excluding carboxylic acids is 1. The molecule has 1 aliphatic heterocycles. The largest absolute Gasteiger partial charge is 0.494 e. The van der Waals surface area contributed by atoms with Gasteiger partial charge < -0.3 is 19.7 Å². The van der Waals surface area contributed by atoms with Crippen molar-refractivity contribution in [2.24, 2.45) is 0 Å². The van der Waals surface area contributed by atoms with Gasteiger partial charge in [0.05, 0.1) is 6.61 Å². The third-order valence-corrected chi connectivity index (χ3v) is 5.30. The highest BCUT2D eigenvalue weighted by atomic mass is 16.5. The lowest BCUT2D eigenvalue weighted by molar-refractivity contribution is -0.136. The van der Waals surface area contributed by atoms with Gasteiger partial charge in [-0.1, -0.05) is 19.8 Å². The zero-order valence-corrected chi connectivity index (χ0v) is 16.6. The molecule has 1 saturated heterocycles. The molecule has 1 heterocycles. The highest BCUT2D eigenvalue weighted by Gasteiger charge is 2.30. The molecule has 0 aliphatic carbocycles. The number of methoxy groups -OCH3 is 1. The molecule has 1 atom stereocenters. The summed E-state index contributed by atoms with van der Waals surface area (Å²) in [5, 5.41) is 2.90. The maximum atomic E-state index is 12.3. The van der Waals surface area contributed by atoms with Gasteiger partial charge in [0.25, 0.3) is 5.91 Å². The maximum absolute atomic E-state index is 12.3. The first-order valence-electron chi connectivity index (χ1n) is 9.89. The number of nitrogens with one attached hydrogen (secondary N) is 1. The molecular formula is C21H34N2O3. The van der Waals surface area contributed by atoms with E-state index >= 15 is 0 Å². The molecule has 5 heteroatoms. The first-order chi connectivity index (χ1) is 12.6. The van der Waals surface area contributed by atoms with E-state index in [1.165, 1.54) is 38.8 Å². The fourth-order valence-electron chi connectivity index (χ4n) is 3.13. The Labute approximate surface area is 158 Å². The van der Waals surface area contributed by atoms with Crippen LogP contribution in [0.4, 0.5) is 5.69 Å². The van der Waals surface area contributed by atoms with E-state index in [-0.39, 0.29) is 5.91 Å². The Hall–Kier alpha value is -1.59. The van der Waals surface area contributed by atoms with Gasteiger partial charge in [0.2, 0.25) is 0 Å². The minimum absolute atomic E-state index is 0.131. The van der Waals surface area contributed by atoms with Crippen LogP contribution in [-0.4, -0.2) is 49.8 Å². The quantitative estimate of drug-likeness (QED) is 0.673. The van der Waals surface area contributed by atoms with Crippen molar-refractivity contribution >= 4 is 11.6 Å². The third kappa shape index (κ3) is 6.29. The molecule has 5 nitrogen and oxygen atoms in total. The fraction of sp³-hybridized carbons (Fsp3) is 0.667. The van der Waals surface area contributed by atoms with Crippen molar-refractivity contribution in [2.45, 2.75) is 58.0 Å². The SMILES string of the molecule is CC[C@@](C)(OC)C(=O)Nc1ccc(OCCCN2CCCCCC2)cc1. The summed E-state index contributed by atoms with van der Waals surface area (Å²) >= 11 is 0. The monoisotopic (exact) mass is 362 g/mol. The Morgan fingerprint density at radius 3 is 2.38 bits per heavy atom. The van der Waals surface area contributed by atoms with Gasteiger partial charge in [-0.3, -0.25) is 4.79 Å². The molecule has 1 aromatic carbocycles. The summed E-state index contributed by atoms with van der Waals surface area (Å²) in [6.07, 6.45) is 7.06. The summed E-state index contributed by atoms with van der Waals surface area (Å²) in [6, 6.07) is 7.54. The molecule has 1 fully saturated rings. The van der Waals surface area contributed by atoms with Crippen molar-refractivity contribution in [1.29, 1.82) is 0 Å². The summed E-state index contributed by atoms with van der Waals surface area (Å²) in [5.41, 5.74) is -0.0497. The van der Waals surface area contributed by atoms with Crippen LogP contribution in [0.2, 0.25) is 0 Å². The minimum atomic E-state index is -0.803. The lowest BCUT2D eigenvalue weighted by Crippen LogP contribution is -2.41. The molecule has 0 unspecified atom stereocenters. The number of likely N-dealkylation sites (tertiary alicyclic amines) is 1. The first kappa shape index (κ1) is 20.7. The predicted molar refractivity (Wildman–Crippen MR) is 106 cm³/mol. The van der Waals surface area contributed by atoms with Crippen LogP contribution in [0, 0.1) is 0 Å². The molecule has 1 aromatic rings. The van der Waals surface area contributed by atoms with Gasteiger partial charge in [-0.25, -0.2) is 0 Å². The summed E-state index contributed by atoms with van der Waals surface area (Å²) in [5.74, 6) is 0.706. The standard InChI is InChI=1S/C21H34N2O3/c1-4-21(2,25-3)20(24)22-18-10-12-19(13-11-18)26-17-9-16-23-14-7-5-6-8-15-23/h10-13H,4-9,14-17H2,1-3H3,(H,22,24)/t21-/m1/s1. The molecule has 1 amide bonds. The van der Waals surface area contributed by atoms with Crippen LogP contribution in [-0.2, 0) is 9.53 Å². The summed E-state index contributed by atoms with van der Waals surface area (Å²) in [6.45, 7) is 8.02. The number of benzene rings is 1.